The molecule has 1 N–H and O–H groups in total. The summed E-state index contributed by atoms with van der Waals surface area (Å²) in [5.74, 6) is 0.156. The largest absolute Gasteiger partial charge is 0.290 e. The molecule has 1 amide bonds. The maximum absolute atomic E-state index is 11.9. The number of anilines is 1. The van der Waals surface area contributed by atoms with Gasteiger partial charge < -0.3 is 0 Å². The molecule has 3 aromatic rings. The maximum atomic E-state index is 11.9. The van der Waals surface area contributed by atoms with E-state index in [9.17, 15) is 4.79 Å². The smallest absolute Gasteiger partial charge is 0.258 e. The van der Waals surface area contributed by atoms with Gasteiger partial charge in [0, 0.05) is 24.2 Å². The molecule has 0 aliphatic carbocycles. The first kappa shape index (κ1) is 10.4. The molecule has 0 aromatic carbocycles. The van der Waals surface area contributed by atoms with Crippen LogP contribution in [0.1, 0.15) is 10.4 Å². The van der Waals surface area contributed by atoms with Crippen LogP contribution in [0.5, 0.6) is 0 Å². The number of carbonyl (C=O) groups is 1. The molecule has 3 heterocycles. The standard InChI is InChI=1S/C12H9N5O/c18-11(9-4-6-13-7-5-9)14-12-16-15-10-3-1-2-8-17(10)12/h1-8H,(H,14,16,18). The quantitative estimate of drug-likeness (QED) is 0.733. The summed E-state index contributed by atoms with van der Waals surface area (Å²) in [5, 5.41) is 10.6. The molecular weight excluding hydrogens is 230 g/mol. The van der Waals surface area contributed by atoms with Crippen LogP contribution in [0.25, 0.3) is 5.65 Å². The van der Waals surface area contributed by atoms with Crippen molar-refractivity contribution in [2.75, 3.05) is 5.32 Å². The van der Waals surface area contributed by atoms with Crippen molar-refractivity contribution < 1.29 is 4.79 Å². The van der Waals surface area contributed by atoms with Crippen molar-refractivity contribution >= 4 is 17.5 Å². The Bertz CT molecular complexity index is 692. The summed E-state index contributed by atoms with van der Waals surface area (Å²) >= 11 is 0. The minimum atomic E-state index is -0.240. The van der Waals surface area contributed by atoms with Gasteiger partial charge in [0.25, 0.3) is 5.91 Å². The van der Waals surface area contributed by atoms with Crippen LogP contribution >= 0.6 is 0 Å². The van der Waals surface area contributed by atoms with Gasteiger partial charge >= 0.3 is 0 Å². The highest BCUT2D eigenvalue weighted by atomic mass is 16.1. The van der Waals surface area contributed by atoms with Crippen molar-refractivity contribution in [2.24, 2.45) is 0 Å². The number of fused-ring (bicyclic) bond motifs is 1. The summed E-state index contributed by atoms with van der Waals surface area (Å²) in [4.78, 5) is 15.8. The van der Waals surface area contributed by atoms with Gasteiger partial charge in [-0.15, -0.1) is 10.2 Å². The fraction of sp³-hybridized carbons (Fsp3) is 0. The van der Waals surface area contributed by atoms with E-state index >= 15 is 0 Å². The van der Waals surface area contributed by atoms with E-state index in [1.807, 2.05) is 18.2 Å². The molecule has 0 saturated carbocycles. The van der Waals surface area contributed by atoms with Gasteiger partial charge in [-0.05, 0) is 24.3 Å². The predicted molar refractivity (Wildman–Crippen MR) is 65.2 cm³/mol. The molecule has 0 atom stereocenters. The Morgan fingerprint density at radius 3 is 2.78 bits per heavy atom. The third-order valence-corrected chi connectivity index (χ3v) is 2.48. The average Bonchev–Trinajstić information content (AvgIpc) is 2.83. The highest BCUT2D eigenvalue weighted by Crippen LogP contribution is 2.09. The lowest BCUT2D eigenvalue weighted by atomic mass is 10.2. The van der Waals surface area contributed by atoms with Crippen LogP contribution in [-0.2, 0) is 0 Å². The van der Waals surface area contributed by atoms with Crippen molar-refractivity contribution in [2.45, 2.75) is 0 Å². The third-order valence-electron chi connectivity index (χ3n) is 2.48. The molecule has 0 spiro atoms. The number of nitrogens with one attached hydrogen (secondary N) is 1. The van der Waals surface area contributed by atoms with Crippen LogP contribution in [0.4, 0.5) is 5.95 Å². The van der Waals surface area contributed by atoms with E-state index in [4.69, 9.17) is 0 Å². The Hall–Kier alpha value is -2.76. The number of hydrogen-bond donors (Lipinski definition) is 1. The summed E-state index contributed by atoms with van der Waals surface area (Å²) < 4.78 is 1.71. The second-order valence-corrected chi connectivity index (χ2v) is 3.64. The fourth-order valence-corrected chi connectivity index (χ4v) is 1.60. The van der Waals surface area contributed by atoms with Gasteiger partial charge in [0.15, 0.2) is 5.65 Å². The Kier molecular flexibility index (Phi) is 2.45. The van der Waals surface area contributed by atoms with Gasteiger partial charge in [-0.3, -0.25) is 19.5 Å². The van der Waals surface area contributed by atoms with Crippen molar-refractivity contribution in [1.82, 2.24) is 19.6 Å². The lowest BCUT2D eigenvalue weighted by Gasteiger charge is -2.02. The van der Waals surface area contributed by atoms with Gasteiger partial charge in [-0.25, -0.2) is 0 Å². The van der Waals surface area contributed by atoms with Crippen LogP contribution in [0.15, 0.2) is 48.9 Å². The van der Waals surface area contributed by atoms with E-state index < -0.39 is 0 Å². The van der Waals surface area contributed by atoms with Crippen LogP contribution in [0.3, 0.4) is 0 Å². The lowest BCUT2D eigenvalue weighted by Crippen LogP contribution is -2.14. The normalized spacial score (nSPS) is 10.4. The molecule has 0 bridgehead atoms. The number of pyridine rings is 2. The molecule has 6 nitrogen and oxygen atoms in total. The van der Waals surface area contributed by atoms with Gasteiger partial charge in [0.1, 0.15) is 0 Å². The van der Waals surface area contributed by atoms with Crippen LogP contribution in [0, 0.1) is 0 Å². The number of hydrogen-bond acceptors (Lipinski definition) is 4. The summed E-state index contributed by atoms with van der Waals surface area (Å²) in [5.41, 5.74) is 1.21. The van der Waals surface area contributed by atoms with Crippen molar-refractivity contribution in [1.29, 1.82) is 0 Å². The third kappa shape index (κ3) is 1.80. The molecule has 3 aromatic heterocycles. The number of rotatable bonds is 2. The zero-order valence-electron chi connectivity index (χ0n) is 9.32. The van der Waals surface area contributed by atoms with Gasteiger partial charge in [0.05, 0.1) is 0 Å². The first-order valence-corrected chi connectivity index (χ1v) is 5.36. The zero-order chi connectivity index (χ0) is 12.4. The highest BCUT2D eigenvalue weighted by molar-refractivity contribution is 6.03. The highest BCUT2D eigenvalue weighted by Gasteiger charge is 2.10. The Morgan fingerprint density at radius 2 is 1.94 bits per heavy atom. The lowest BCUT2D eigenvalue weighted by molar-refractivity contribution is 0.102. The summed E-state index contributed by atoms with van der Waals surface area (Å²) in [6.07, 6.45) is 4.92. The Labute approximate surface area is 102 Å². The average molecular weight is 239 g/mol. The minimum Gasteiger partial charge on any atom is -0.290 e. The molecular formula is C12H9N5O. The van der Waals surface area contributed by atoms with Crippen molar-refractivity contribution in [3.63, 3.8) is 0 Å². The van der Waals surface area contributed by atoms with E-state index in [1.54, 1.807) is 35.1 Å². The van der Waals surface area contributed by atoms with Crippen LogP contribution in [-0.4, -0.2) is 25.5 Å². The molecule has 0 unspecified atom stereocenters. The van der Waals surface area contributed by atoms with E-state index in [1.165, 1.54) is 0 Å². The van der Waals surface area contributed by atoms with Gasteiger partial charge in [-0.2, -0.15) is 0 Å². The Morgan fingerprint density at radius 1 is 1.11 bits per heavy atom. The van der Waals surface area contributed by atoms with E-state index in [0.29, 0.717) is 17.2 Å². The summed E-state index contributed by atoms with van der Waals surface area (Å²) in [6, 6.07) is 8.79. The topological polar surface area (TPSA) is 72.2 Å². The SMILES string of the molecule is O=C(Nc1nnc2ccccn12)c1ccncc1. The number of aromatic nitrogens is 4. The zero-order valence-corrected chi connectivity index (χ0v) is 9.32. The first-order chi connectivity index (χ1) is 8.84. The second-order valence-electron chi connectivity index (χ2n) is 3.64. The van der Waals surface area contributed by atoms with E-state index in [-0.39, 0.29) is 5.91 Å². The van der Waals surface area contributed by atoms with E-state index in [2.05, 4.69) is 20.5 Å². The molecule has 18 heavy (non-hydrogen) atoms. The summed E-state index contributed by atoms with van der Waals surface area (Å²) in [6.45, 7) is 0. The molecule has 0 fully saturated rings. The fourth-order valence-electron chi connectivity index (χ4n) is 1.60. The second kappa shape index (κ2) is 4.25. The van der Waals surface area contributed by atoms with Crippen LogP contribution in [0.2, 0.25) is 0 Å². The molecule has 88 valence electrons. The van der Waals surface area contributed by atoms with Gasteiger partial charge in [-0.1, -0.05) is 6.07 Å². The Balaban J connectivity index is 1.91. The number of carbonyl (C=O) groups excluding carboxylic acids is 1. The number of amides is 1. The molecule has 0 radical (unpaired) electrons. The van der Waals surface area contributed by atoms with Gasteiger partial charge in [0.2, 0.25) is 5.95 Å². The minimum absolute atomic E-state index is 0.240. The molecule has 0 aliphatic rings. The maximum Gasteiger partial charge on any atom is 0.258 e. The van der Waals surface area contributed by atoms with E-state index in [0.717, 1.165) is 0 Å². The predicted octanol–water partition coefficient (Wildman–Crippen LogP) is 1.38. The van der Waals surface area contributed by atoms with Crippen LogP contribution < -0.4 is 5.32 Å². The monoisotopic (exact) mass is 239 g/mol. The summed E-state index contributed by atoms with van der Waals surface area (Å²) in [7, 11) is 0. The molecule has 0 aliphatic heterocycles. The number of nitrogens with zero attached hydrogens (tertiary/aromatic N) is 4. The van der Waals surface area contributed by atoms with Crippen molar-refractivity contribution in [3.05, 3.63) is 54.5 Å². The van der Waals surface area contributed by atoms with Crippen molar-refractivity contribution in [3.8, 4) is 0 Å². The molecule has 0 saturated heterocycles. The molecule has 3 rings (SSSR count). The first-order valence-electron chi connectivity index (χ1n) is 5.36. The molecule has 6 heteroatoms.